The summed E-state index contributed by atoms with van der Waals surface area (Å²) in [5.41, 5.74) is 5.20. The molecule has 1 amide bonds. The van der Waals surface area contributed by atoms with Gasteiger partial charge in [-0.1, -0.05) is 11.6 Å². The molecule has 0 saturated carbocycles. The van der Waals surface area contributed by atoms with E-state index in [0.717, 1.165) is 16.1 Å². The normalized spacial score (nSPS) is 10.9. The van der Waals surface area contributed by atoms with Crippen molar-refractivity contribution in [1.82, 2.24) is 9.97 Å². The second-order valence-corrected chi connectivity index (χ2v) is 9.00. The number of aromatic nitrogens is 2. The average Bonchev–Trinajstić information content (AvgIpc) is 3.09. The Morgan fingerprint density at radius 3 is 2.70 bits per heavy atom. The number of carbonyl (C=O) groups excluding carboxylic acids is 2. The second-order valence-electron chi connectivity index (χ2n) is 7.03. The number of esters is 1. The highest BCUT2D eigenvalue weighted by atomic mass is 32.2. The van der Waals surface area contributed by atoms with Gasteiger partial charge in [0.25, 0.3) is 0 Å². The number of pyridine rings is 1. The van der Waals surface area contributed by atoms with Crippen molar-refractivity contribution in [1.29, 1.82) is 0 Å². The third-order valence-corrected chi connectivity index (χ3v) is 6.16. The lowest BCUT2D eigenvalue weighted by Gasteiger charge is -2.09. The summed E-state index contributed by atoms with van der Waals surface area (Å²) in [5.74, 6) is 0.194. The van der Waals surface area contributed by atoms with Crippen molar-refractivity contribution in [3.63, 3.8) is 0 Å². The molecule has 3 aromatic rings. The molecule has 1 N–H and O–H groups in total. The Hall–Kier alpha value is -2.45. The summed E-state index contributed by atoms with van der Waals surface area (Å²) in [4.78, 5) is 32.8. The Morgan fingerprint density at radius 1 is 1.13 bits per heavy atom. The molecule has 0 aliphatic heterocycles. The lowest BCUT2D eigenvalue weighted by atomic mass is 10.0. The molecule has 0 fully saturated rings. The molecule has 1 aromatic carbocycles. The molecule has 6 nitrogen and oxygen atoms in total. The lowest BCUT2D eigenvalue weighted by Crippen LogP contribution is -2.12. The molecule has 0 aliphatic carbocycles. The number of thiazole rings is 1. The van der Waals surface area contributed by atoms with E-state index in [9.17, 15) is 9.59 Å². The van der Waals surface area contributed by atoms with Crippen LogP contribution in [0.4, 0.5) is 5.13 Å². The molecule has 0 aliphatic rings. The monoisotopic (exact) mass is 443 g/mol. The highest BCUT2D eigenvalue weighted by Crippen LogP contribution is 2.27. The molecule has 0 unspecified atom stereocenters. The molecule has 0 bridgehead atoms. The molecule has 2 heterocycles. The van der Waals surface area contributed by atoms with Crippen molar-refractivity contribution >= 4 is 51.0 Å². The minimum Gasteiger partial charge on any atom is -0.466 e. The van der Waals surface area contributed by atoms with Crippen molar-refractivity contribution < 1.29 is 14.3 Å². The van der Waals surface area contributed by atoms with Crippen LogP contribution in [0.2, 0.25) is 0 Å². The van der Waals surface area contributed by atoms with Gasteiger partial charge in [0.05, 0.1) is 29.3 Å². The highest BCUT2D eigenvalue weighted by Gasteiger charge is 2.11. The summed E-state index contributed by atoms with van der Waals surface area (Å²) >= 11 is 2.87. The van der Waals surface area contributed by atoms with Crippen LogP contribution in [0.5, 0.6) is 0 Å². The number of thioether (sulfide) groups is 1. The Balaban J connectivity index is 1.53. The van der Waals surface area contributed by atoms with E-state index in [0.29, 0.717) is 29.6 Å². The zero-order chi connectivity index (χ0) is 21.7. The third kappa shape index (κ3) is 5.79. The number of hydrogen-bond donors (Lipinski definition) is 1. The van der Waals surface area contributed by atoms with Crippen molar-refractivity contribution in [2.75, 3.05) is 17.7 Å². The average molecular weight is 444 g/mol. The minimum atomic E-state index is -0.319. The van der Waals surface area contributed by atoms with E-state index in [1.54, 1.807) is 24.1 Å². The van der Waals surface area contributed by atoms with Crippen molar-refractivity contribution in [2.24, 2.45) is 0 Å². The summed E-state index contributed by atoms with van der Waals surface area (Å²) in [7, 11) is 0. The number of nitrogens with one attached hydrogen (secondary N) is 1. The molecule has 0 saturated heterocycles. The van der Waals surface area contributed by atoms with E-state index in [1.807, 2.05) is 0 Å². The fourth-order valence-electron chi connectivity index (χ4n) is 3.12. The topological polar surface area (TPSA) is 81.2 Å². The van der Waals surface area contributed by atoms with E-state index >= 15 is 0 Å². The predicted molar refractivity (Wildman–Crippen MR) is 122 cm³/mol. The van der Waals surface area contributed by atoms with Gasteiger partial charge < -0.3 is 10.1 Å². The molecule has 3 rings (SSSR count). The van der Waals surface area contributed by atoms with Gasteiger partial charge in [-0.05, 0) is 51.0 Å². The molecule has 158 valence electrons. The number of benzene rings is 1. The van der Waals surface area contributed by atoms with Gasteiger partial charge in [0.2, 0.25) is 5.91 Å². The van der Waals surface area contributed by atoms with Gasteiger partial charge in [0, 0.05) is 22.9 Å². The quantitative estimate of drug-likeness (QED) is 0.396. The van der Waals surface area contributed by atoms with Gasteiger partial charge in [-0.15, -0.1) is 23.1 Å². The Kier molecular flexibility index (Phi) is 7.44. The maximum atomic E-state index is 12.2. The number of nitrogens with zero attached hydrogens (tertiary/aromatic N) is 2. The van der Waals surface area contributed by atoms with Crippen LogP contribution in [0, 0.1) is 20.8 Å². The fraction of sp³-hybridized carbons (Fsp3) is 0.364. The maximum absolute atomic E-state index is 12.2. The van der Waals surface area contributed by atoms with Crippen LogP contribution in [-0.2, 0) is 20.7 Å². The number of anilines is 1. The van der Waals surface area contributed by atoms with Crippen molar-refractivity contribution in [3.8, 4) is 0 Å². The largest absolute Gasteiger partial charge is 0.466 e. The SMILES string of the molecule is CCOC(=O)Cc1csc(NC(=O)CCSc2cc(C)c3cc(C)cc(C)c3n2)n1. The van der Waals surface area contributed by atoms with Crippen LogP contribution in [0.25, 0.3) is 10.9 Å². The predicted octanol–water partition coefficient (Wildman–Crippen LogP) is 4.84. The zero-order valence-electron chi connectivity index (χ0n) is 17.6. The first-order valence-electron chi connectivity index (χ1n) is 9.77. The van der Waals surface area contributed by atoms with Gasteiger partial charge in [-0.2, -0.15) is 0 Å². The third-order valence-electron chi connectivity index (χ3n) is 4.44. The number of carbonyl (C=O) groups is 2. The van der Waals surface area contributed by atoms with Crippen LogP contribution in [0.3, 0.4) is 0 Å². The van der Waals surface area contributed by atoms with E-state index in [2.05, 4.69) is 49.3 Å². The molecule has 8 heteroatoms. The first-order valence-corrected chi connectivity index (χ1v) is 11.6. The molecule has 2 aromatic heterocycles. The first kappa shape index (κ1) is 22.2. The summed E-state index contributed by atoms with van der Waals surface area (Å²) < 4.78 is 4.91. The van der Waals surface area contributed by atoms with Gasteiger partial charge >= 0.3 is 5.97 Å². The Bertz CT molecular complexity index is 1080. The standard InChI is InChI=1S/C22H25N3O3S2/c1-5-28-20(27)11-16-12-30-22(23-16)24-18(26)6-7-29-19-10-14(3)17-9-13(2)8-15(4)21(17)25-19/h8-10,12H,5-7,11H2,1-4H3,(H,23,24,26). The lowest BCUT2D eigenvalue weighted by molar-refractivity contribution is -0.142. The van der Waals surface area contributed by atoms with Gasteiger partial charge in [-0.3, -0.25) is 9.59 Å². The van der Waals surface area contributed by atoms with E-state index in [1.165, 1.54) is 27.8 Å². The summed E-state index contributed by atoms with van der Waals surface area (Å²) in [6.45, 7) is 8.37. The second kappa shape index (κ2) is 10.0. The number of fused-ring (bicyclic) bond motifs is 1. The number of ether oxygens (including phenoxy) is 1. The molecule has 0 radical (unpaired) electrons. The highest BCUT2D eigenvalue weighted by molar-refractivity contribution is 7.99. The van der Waals surface area contributed by atoms with E-state index in [-0.39, 0.29) is 18.3 Å². The van der Waals surface area contributed by atoms with Gasteiger partial charge in [0.1, 0.15) is 0 Å². The summed E-state index contributed by atoms with van der Waals surface area (Å²) in [5, 5.41) is 7.14. The van der Waals surface area contributed by atoms with Crippen LogP contribution in [0.15, 0.2) is 28.6 Å². The van der Waals surface area contributed by atoms with Crippen LogP contribution in [0.1, 0.15) is 35.7 Å². The number of amides is 1. The summed E-state index contributed by atoms with van der Waals surface area (Å²) in [6, 6.07) is 6.38. The fourth-order valence-corrected chi connectivity index (χ4v) is 4.76. The van der Waals surface area contributed by atoms with Crippen LogP contribution < -0.4 is 5.32 Å². The molecule has 0 spiro atoms. The molecular formula is C22H25N3O3S2. The van der Waals surface area contributed by atoms with Gasteiger partial charge in [-0.25, -0.2) is 9.97 Å². The van der Waals surface area contributed by atoms with Crippen molar-refractivity contribution in [2.45, 2.75) is 45.6 Å². The Labute approximate surface area is 184 Å². The van der Waals surface area contributed by atoms with Crippen LogP contribution in [-0.4, -0.2) is 34.2 Å². The minimum absolute atomic E-state index is 0.108. The number of rotatable bonds is 8. The Morgan fingerprint density at radius 2 is 1.93 bits per heavy atom. The molecular weight excluding hydrogens is 418 g/mol. The number of aryl methyl sites for hydroxylation is 3. The zero-order valence-corrected chi connectivity index (χ0v) is 19.2. The smallest absolute Gasteiger partial charge is 0.311 e. The number of hydrogen-bond acceptors (Lipinski definition) is 7. The van der Waals surface area contributed by atoms with Crippen molar-refractivity contribution in [3.05, 3.63) is 46.0 Å². The molecule has 0 atom stereocenters. The maximum Gasteiger partial charge on any atom is 0.311 e. The van der Waals surface area contributed by atoms with E-state index < -0.39 is 0 Å². The summed E-state index contributed by atoms with van der Waals surface area (Å²) in [6.07, 6.45) is 0.463. The van der Waals surface area contributed by atoms with Crippen LogP contribution >= 0.6 is 23.1 Å². The molecule has 30 heavy (non-hydrogen) atoms. The van der Waals surface area contributed by atoms with Gasteiger partial charge in [0.15, 0.2) is 5.13 Å². The first-order chi connectivity index (χ1) is 14.4. The van der Waals surface area contributed by atoms with E-state index in [4.69, 9.17) is 9.72 Å².